The number of aliphatic carboxylic acids is 2. The predicted octanol–water partition coefficient (Wildman–Crippen LogP) is 1.52. The quantitative estimate of drug-likeness (QED) is 0.0331. The molecule has 142 heavy (non-hydrogen) atoms. The van der Waals surface area contributed by atoms with Gasteiger partial charge in [-0.05, 0) is 139 Å². The van der Waals surface area contributed by atoms with Crippen LogP contribution in [0.15, 0.2) is 134 Å². The molecule has 1 aliphatic heterocycles. The van der Waals surface area contributed by atoms with E-state index in [1.807, 2.05) is 30.3 Å². The molecule has 2 aliphatic rings. The molecule has 17 atom stereocenters. The number of nitrogens with two attached hydrogens (primary N) is 2. The Morgan fingerprint density at radius 1 is 0.507 bits per heavy atom. The molecule has 6 aromatic rings. The van der Waals surface area contributed by atoms with E-state index in [4.69, 9.17) is 11.5 Å². The van der Waals surface area contributed by atoms with Crippen molar-refractivity contribution in [2.75, 3.05) is 25.1 Å². The van der Waals surface area contributed by atoms with Crippen LogP contribution < -0.4 is 85.9 Å². The molecule has 770 valence electrons. The Kier molecular flexibility index (Phi) is 44.2. The van der Waals surface area contributed by atoms with Crippen LogP contribution in [0.1, 0.15) is 169 Å². The molecule has 8 rings (SSSR count). The summed E-state index contributed by atoms with van der Waals surface area (Å²) in [5, 5.41) is 79.7. The number of carbonyl (C=O) groups excluding carboxylic acids is 16. The molecule has 1 saturated heterocycles. The third kappa shape index (κ3) is 34.8. The molecule has 4 aromatic carbocycles. The molecule has 0 spiro atoms. The second kappa shape index (κ2) is 55.3. The summed E-state index contributed by atoms with van der Waals surface area (Å²) in [6.45, 7) is 15.5. The highest BCUT2D eigenvalue weighted by Crippen LogP contribution is 2.29. The highest BCUT2D eigenvalue weighted by atomic mass is 32.2. The molecule has 2 aromatic heterocycles. The molecular weight excluding hydrogens is 1850 g/mol. The normalized spacial score (nSPS) is 24.0. The van der Waals surface area contributed by atoms with Crippen molar-refractivity contribution in [1.82, 2.24) is 89.3 Å². The van der Waals surface area contributed by atoms with Crippen LogP contribution in [0, 0.1) is 29.6 Å². The van der Waals surface area contributed by atoms with Crippen molar-refractivity contribution in [3.8, 4) is 16.9 Å². The molecule has 1 saturated carbocycles. The summed E-state index contributed by atoms with van der Waals surface area (Å²) in [6.07, 6.45) is 2.69. The number of aromatic nitrogens is 2. The lowest BCUT2D eigenvalue weighted by molar-refractivity contribution is -0.143. The van der Waals surface area contributed by atoms with E-state index in [0.29, 0.717) is 52.2 Å². The Labute approximate surface area is 828 Å². The van der Waals surface area contributed by atoms with Gasteiger partial charge in [-0.15, -0.1) is 11.8 Å². The van der Waals surface area contributed by atoms with Crippen LogP contribution >= 0.6 is 11.8 Å². The Morgan fingerprint density at radius 2 is 0.965 bits per heavy atom. The van der Waals surface area contributed by atoms with E-state index in [9.17, 15) is 68.4 Å². The number of aliphatic hydroxyl groups excluding tert-OH is 1. The number of primary amides is 1. The van der Waals surface area contributed by atoms with E-state index in [1.165, 1.54) is 76.6 Å². The number of carboxylic acid groups (broad SMARTS) is 2. The average Bonchev–Trinajstić information content (AvgIpc) is 1.68. The zero-order chi connectivity index (χ0) is 104. The van der Waals surface area contributed by atoms with Crippen LogP contribution in [-0.4, -0.2) is 264 Å². The molecule has 2 fully saturated rings. The van der Waals surface area contributed by atoms with E-state index in [-0.39, 0.29) is 81.1 Å². The van der Waals surface area contributed by atoms with Crippen molar-refractivity contribution in [1.29, 1.82) is 0 Å². The molecule has 1 aliphatic carbocycles. The Morgan fingerprint density at radius 3 is 1.51 bits per heavy atom. The number of thioether (sulfide) groups is 1. The number of aromatic amines is 1. The number of nitrogens with one attached hydrogen (secondary N) is 15. The number of nitrogens with zero attached hydrogens (tertiary/aromatic N) is 2. The van der Waals surface area contributed by atoms with Crippen molar-refractivity contribution >= 4 is 129 Å². The van der Waals surface area contributed by atoms with Crippen LogP contribution in [0.4, 0.5) is 0 Å². The number of H-pyrrole nitrogens is 1. The van der Waals surface area contributed by atoms with Crippen LogP contribution in [-0.2, 0) is 112 Å². The number of carbonyl (C=O) groups is 18. The first-order valence-electron chi connectivity index (χ1n) is 48.0. The summed E-state index contributed by atoms with van der Waals surface area (Å²) in [4.78, 5) is 272. The third-order valence-corrected chi connectivity index (χ3v) is 26.2. The fourth-order valence-corrected chi connectivity index (χ4v) is 17.5. The molecule has 0 bridgehead atoms. The maximum Gasteiger partial charge on any atom is 0.326 e. The number of phenols is 1. The molecular formula is C100H137N19O22S. The highest BCUT2D eigenvalue weighted by Gasteiger charge is 2.43. The predicted molar refractivity (Wildman–Crippen MR) is 527 cm³/mol. The number of amides is 16. The summed E-state index contributed by atoms with van der Waals surface area (Å²) >= 11 is 0.669. The summed E-state index contributed by atoms with van der Waals surface area (Å²) < 4.78 is 0. The molecule has 42 heteroatoms. The highest BCUT2D eigenvalue weighted by molar-refractivity contribution is 8.00. The number of aliphatic hydroxyl groups is 1. The van der Waals surface area contributed by atoms with Crippen molar-refractivity contribution in [3.63, 3.8) is 0 Å². The lowest BCUT2D eigenvalue weighted by Crippen LogP contribution is -2.63. The van der Waals surface area contributed by atoms with Gasteiger partial charge in [-0.3, -0.25) is 86.5 Å². The van der Waals surface area contributed by atoms with Gasteiger partial charge >= 0.3 is 11.9 Å². The topological polar surface area (TPSA) is 641 Å². The lowest BCUT2D eigenvalue weighted by atomic mass is 9.84. The van der Waals surface area contributed by atoms with Crippen LogP contribution in [0.2, 0.25) is 0 Å². The van der Waals surface area contributed by atoms with Crippen LogP contribution in [0.3, 0.4) is 0 Å². The van der Waals surface area contributed by atoms with Crippen molar-refractivity contribution < 1.29 is 107 Å². The Balaban J connectivity index is 1.22. The smallest absolute Gasteiger partial charge is 0.326 e. The Hall–Kier alpha value is -13.9. The minimum absolute atomic E-state index is 0.00140. The average molecular weight is 1990 g/mol. The molecule has 16 amide bonds. The standard InChI is InChI=1S/C100H137N19O22S/c1-12-56(8)84-99(139)119(11)57(9)86(126)107-70(42-53(2)3)87(127)111-76(48-79(102)122)90(130)109-73(43-59-22-15-13-16-23-59)92(132)116-83(55(6)7)97(137)118-85(58(10)120)98(138)114-78(95(135)106-69(100(140)141)28-21-39-101)51-142-52-80(123)105-71(46-62-37-40-103-41-38-62)88(128)108-72(45-61-31-35-66(121)36-32-61)89(129)112-77(49-81(124)125)91(131)110-75(47-65-50-104-68-27-20-19-26-67(65)68)94(134)115-82(54(4)5)96(136)113-74(93(133)117-84)44-60-29-33-64(34-30-60)63-24-17-14-18-25-63/h14,17-20,24-27,29-38,40-41,50,53-59,69-78,82-85,104,120-121H,12-13,15-16,21-23,28,39,42-49,51-52,101H2,1-11H3,(H2,102,122)(H,105,123)(H,106,135)(H,107,126)(H,108,128)(H,109,130)(H,110,131)(H,111,127)(H,112,129)(H,113,136)(H,114,138)(H,115,134)(H,116,132)(H,117,133)(H,118,137)(H,124,125)(H,140,141)/t56?,57-,58?,69-,70+,71-,72-,73-,74-,75-,76-,77-,78?,82-,83-,84-,85-/m0/s1. The third-order valence-electron chi connectivity index (χ3n) is 25.1. The number of hydrogen-bond acceptors (Lipinski definition) is 23. The summed E-state index contributed by atoms with van der Waals surface area (Å²) in [6, 6.07) is 6.61. The fraction of sp³-hybridized carbons (Fsp3) is 0.510. The van der Waals surface area contributed by atoms with Gasteiger partial charge in [0.2, 0.25) is 94.5 Å². The van der Waals surface area contributed by atoms with E-state index < -0.39 is 252 Å². The van der Waals surface area contributed by atoms with Gasteiger partial charge in [-0.2, -0.15) is 0 Å². The number of carboxylic acids is 2. The number of phenolic OH excluding ortho intramolecular Hbond substituents is 1. The maximum absolute atomic E-state index is 15.5. The van der Waals surface area contributed by atoms with E-state index in [1.54, 1.807) is 96.3 Å². The molecule has 0 radical (unpaired) electrons. The second-order valence-corrected chi connectivity index (χ2v) is 38.6. The van der Waals surface area contributed by atoms with Gasteiger partial charge in [-0.1, -0.05) is 179 Å². The summed E-state index contributed by atoms with van der Waals surface area (Å²) in [7, 11) is 1.29. The van der Waals surface area contributed by atoms with Gasteiger partial charge in [0.15, 0.2) is 0 Å². The van der Waals surface area contributed by atoms with Crippen LogP contribution in [0.25, 0.3) is 22.0 Å². The molecule has 3 heterocycles. The largest absolute Gasteiger partial charge is 0.508 e. The number of hydrogen-bond donors (Lipinski definition) is 21. The molecule has 3 unspecified atom stereocenters. The van der Waals surface area contributed by atoms with Gasteiger partial charge in [0.1, 0.15) is 96.4 Å². The van der Waals surface area contributed by atoms with Gasteiger partial charge in [0.25, 0.3) is 0 Å². The van der Waals surface area contributed by atoms with Crippen LogP contribution in [0.5, 0.6) is 5.75 Å². The summed E-state index contributed by atoms with van der Waals surface area (Å²) in [5.74, 6) is -24.2. The minimum atomic E-state index is -2.09. The summed E-state index contributed by atoms with van der Waals surface area (Å²) in [5.41, 5.74) is 15.3. The van der Waals surface area contributed by atoms with E-state index >= 15 is 38.4 Å². The molecule has 23 N–H and O–H groups in total. The second-order valence-electron chi connectivity index (χ2n) is 37.5. The number of pyridine rings is 1. The monoisotopic (exact) mass is 1990 g/mol. The number of para-hydroxylation sites is 1. The number of fused-ring (bicyclic) bond motifs is 1. The van der Waals surface area contributed by atoms with E-state index in [2.05, 4.69) is 84.4 Å². The zero-order valence-corrected chi connectivity index (χ0v) is 82.7. The van der Waals surface area contributed by atoms with Crippen molar-refractivity contribution in [2.45, 2.75) is 269 Å². The van der Waals surface area contributed by atoms with Crippen molar-refractivity contribution in [3.05, 3.63) is 156 Å². The molecule has 41 nitrogen and oxygen atoms in total. The Bertz CT molecular complexity index is 5360. The van der Waals surface area contributed by atoms with Gasteiger partial charge in [-0.25, -0.2) is 4.79 Å². The number of aromatic hydroxyl groups is 1. The van der Waals surface area contributed by atoms with Gasteiger partial charge in [0.05, 0.1) is 24.7 Å². The van der Waals surface area contributed by atoms with Gasteiger partial charge in [0, 0.05) is 68.0 Å². The number of rotatable bonds is 28. The fourth-order valence-electron chi connectivity index (χ4n) is 16.6. The minimum Gasteiger partial charge on any atom is -0.508 e. The first-order chi connectivity index (χ1) is 67.4. The zero-order valence-electron chi connectivity index (χ0n) is 81.9. The van der Waals surface area contributed by atoms with E-state index in [0.717, 1.165) is 42.2 Å². The van der Waals surface area contributed by atoms with Crippen molar-refractivity contribution in [2.24, 2.45) is 41.1 Å². The number of likely N-dealkylation sites (N-methyl/N-ethyl adjacent to an activating group) is 1. The first-order valence-corrected chi connectivity index (χ1v) is 49.1. The SMILES string of the molecule is CCC(C)[C@@H]1NC(=O)[C@H](Cc2ccc(-c3ccccc3)cc2)NC(=O)[C@H](C(C)C)NC(=O)[C@H](Cc2c[nH]c3ccccc23)NC(=O)[C@H](CC(=O)O)NC(=O)[C@H](Cc2ccc(O)cc2)NC(=O)[C@H](Cc2ccncc2)NC(=O)CSCC(C(=O)N[C@@H](CCCN)C(=O)O)NC(=O)[C@H](C(C)O)NC(=O)[C@H](C(C)C)NC(=O)[C@H](CC2CCCCC2)NC(=O)[C@H](CC(N)=O)NC(=O)[C@@H](CC(C)C)NC(=O)[C@H](C)N(C)C1=O. The first kappa shape index (κ1) is 113. The maximum atomic E-state index is 15.5. The number of benzene rings is 4. The van der Waals surface area contributed by atoms with Gasteiger partial charge < -0.3 is 116 Å². The lowest BCUT2D eigenvalue weighted by Gasteiger charge is -2.33.